The second kappa shape index (κ2) is 4.25. The van der Waals surface area contributed by atoms with Gasteiger partial charge in [-0.3, -0.25) is 9.89 Å². The van der Waals surface area contributed by atoms with E-state index < -0.39 is 0 Å². The van der Waals surface area contributed by atoms with E-state index in [4.69, 9.17) is 0 Å². The number of carbonyl (C=O) groups is 1. The highest BCUT2D eigenvalue weighted by molar-refractivity contribution is 5.76. The SMILES string of the molecule is Cc1ccc(-c2n[nH]c(C3CC3)n2)cc1NC=O. The molecule has 2 N–H and O–H groups in total. The molecule has 1 heterocycles. The second-order valence-electron chi connectivity index (χ2n) is 4.61. The molecule has 1 aliphatic rings. The Morgan fingerprint density at radius 1 is 1.44 bits per heavy atom. The van der Waals surface area contributed by atoms with Gasteiger partial charge in [0.2, 0.25) is 6.41 Å². The van der Waals surface area contributed by atoms with Crippen LogP contribution in [0.25, 0.3) is 11.4 Å². The van der Waals surface area contributed by atoms with E-state index in [1.807, 2.05) is 25.1 Å². The molecule has 0 bridgehead atoms. The number of H-pyrrole nitrogens is 1. The molecule has 0 spiro atoms. The number of aromatic amines is 1. The van der Waals surface area contributed by atoms with Crippen molar-refractivity contribution in [3.05, 3.63) is 29.6 Å². The number of hydrogen-bond donors (Lipinski definition) is 2. The fraction of sp³-hybridized carbons (Fsp3) is 0.308. The molecule has 0 atom stereocenters. The van der Waals surface area contributed by atoms with Crippen molar-refractivity contribution >= 4 is 12.1 Å². The van der Waals surface area contributed by atoms with Gasteiger partial charge in [-0.2, -0.15) is 5.10 Å². The molecule has 18 heavy (non-hydrogen) atoms. The van der Waals surface area contributed by atoms with Crippen LogP contribution < -0.4 is 5.32 Å². The Balaban J connectivity index is 1.94. The molecule has 3 rings (SSSR count). The average Bonchev–Trinajstić information content (AvgIpc) is 3.11. The zero-order valence-electron chi connectivity index (χ0n) is 10.1. The van der Waals surface area contributed by atoms with Crippen molar-refractivity contribution in [2.45, 2.75) is 25.7 Å². The maximum Gasteiger partial charge on any atom is 0.211 e. The number of carbonyl (C=O) groups excluding carboxylic acids is 1. The summed E-state index contributed by atoms with van der Waals surface area (Å²) in [6, 6.07) is 5.81. The van der Waals surface area contributed by atoms with Gasteiger partial charge in [0.05, 0.1) is 0 Å². The highest BCUT2D eigenvalue weighted by Gasteiger charge is 2.27. The maximum absolute atomic E-state index is 10.5. The molecule has 1 saturated carbocycles. The zero-order chi connectivity index (χ0) is 12.5. The minimum absolute atomic E-state index is 0.560. The molecule has 0 radical (unpaired) electrons. The van der Waals surface area contributed by atoms with Crippen LogP contribution in [0, 0.1) is 6.92 Å². The standard InChI is InChI=1S/C13H14N4O/c1-8-2-3-10(6-11(8)14-7-18)13-15-12(16-17-13)9-4-5-9/h2-3,6-7,9H,4-5H2,1H3,(H,14,18)(H,15,16,17). The predicted octanol–water partition coefficient (Wildman–Crippen LogP) is 2.23. The van der Waals surface area contributed by atoms with Gasteiger partial charge >= 0.3 is 0 Å². The molecule has 92 valence electrons. The Labute approximate surface area is 105 Å². The number of amides is 1. The lowest BCUT2D eigenvalue weighted by atomic mass is 10.1. The van der Waals surface area contributed by atoms with Crippen LogP contribution in [0.15, 0.2) is 18.2 Å². The van der Waals surface area contributed by atoms with Crippen LogP contribution in [-0.2, 0) is 4.79 Å². The van der Waals surface area contributed by atoms with E-state index >= 15 is 0 Å². The van der Waals surface area contributed by atoms with Crippen molar-refractivity contribution < 1.29 is 4.79 Å². The van der Waals surface area contributed by atoms with Gasteiger partial charge < -0.3 is 5.32 Å². The van der Waals surface area contributed by atoms with Crippen LogP contribution in [0.5, 0.6) is 0 Å². The molecule has 2 aromatic rings. The number of aromatic nitrogens is 3. The predicted molar refractivity (Wildman–Crippen MR) is 68.2 cm³/mol. The number of aryl methyl sites for hydroxylation is 1. The topological polar surface area (TPSA) is 70.7 Å². The molecule has 1 amide bonds. The first-order valence-electron chi connectivity index (χ1n) is 6.01. The normalized spacial score (nSPS) is 14.5. The van der Waals surface area contributed by atoms with Gasteiger partial charge in [0, 0.05) is 17.2 Å². The minimum Gasteiger partial charge on any atom is -0.328 e. The van der Waals surface area contributed by atoms with Crippen LogP contribution >= 0.6 is 0 Å². The smallest absolute Gasteiger partial charge is 0.211 e. The average molecular weight is 242 g/mol. The molecule has 5 heteroatoms. The van der Waals surface area contributed by atoms with Gasteiger partial charge in [0.1, 0.15) is 5.82 Å². The van der Waals surface area contributed by atoms with Gasteiger partial charge in [0.15, 0.2) is 5.82 Å². The Morgan fingerprint density at radius 3 is 3.00 bits per heavy atom. The summed E-state index contributed by atoms with van der Waals surface area (Å²) in [6.45, 7) is 1.95. The summed E-state index contributed by atoms with van der Waals surface area (Å²) in [5.74, 6) is 2.21. The van der Waals surface area contributed by atoms with Crippen LogP contribution in [0.1, 0.15) is 30.1 Å². The lowest BCUT2D eigenvalue weighted by Crippen LogP contribution is -1.96. The minimum atomic E-state index is 0.560. The molecule has 0 saturated heterocycles. The summed E-state index contributed by atoms with van der Waals surface area (Å²) in [5, 5.41) is 9.89. The fourth-order valence-electron chi connectivity index (χ4n) is 1.92. The van der Waals surface area contributed by atoms with Gasteiger partial charge in [0.25, 0.3) is 0 Å². The number of hydrogen-bond acceptors (Lipinski definition) is 3. The van der Waals surface area contributed by atoms with E-state index in [0.29, 0.717) is 18.2 Å². The Hall–Kier alpha value is -2.17. The molecular formula is C13H14N4O. The lowest BCUT2D eigenvalue weighted by molar-refractivity contribution is -0.105. The van der Waals surface area contributed by atoms with E-state index in [2.05, 4.69) is 20.5 Å². The van der Waals surface area contributed by atoms with Crippen LogP contribution in [0.3, 0.4) is 0 Å². The lowest BCUT2D eigenvalue weighted by Gasteiger charge is -2.05. The van der Waals surface area contributed by atoms with Gasteiger partial charge in [-0.15, -0.1) is 0 Å². The first-order valence-corrected chi connectivity index (χ1v) is 6.01. The van der Waals surface area contributed by atoms with Crippen molar-refractivity contribution in [3.8, 4) is 11.4 Å². The highest BCUT2D eigenvalue weighted by atomic mass is 16.1. The summed E-state index contributed by atoms with van der Waals surface area (Å²) < 4.78 is 0. The Bertz CT molecular complexity index is 586. The van der Waals surface area contributed by atoms with E-state index in [1.54, 1.807) is 0 Å². The largest absolute Gasteiger partial charge is 0.328 e. The van der Waals surface area contributed by atoms with Crippen LogP contribution in [-0.4, -0.2) is 21.6 Å². The van der Waals surface area contributed by atoms with Crippen LogP contribution in [0.2, 0.25) is 0 Å². The third-order valence-electron chi connectivity index (χ3n) is 3.18. The molecule has 5 nitrogen and oxygen atoms in total. The first-order chi connectivity index (χ1) is 8.78. The van der Waals surface area contributed by atoms with E-state index in [1.165, 1.54) is 12.8 Å². The fourth-order valence-corrected chi connectivity index (χ4v) is 1.92. The van der Waals surface area contributed by atoms with E-state index in [9.17, 15) is 4.79 Å². The van der Waals surface area contributed by atoms with Crippen molar-refractivity contribution in [1.82, 2.24) is 15.2 Å². The number of rotatable bonds is 4. The molecule has 0 aliphatic heterocycles. The number of anilines is 1. The Kier molecular flexibility index (Phi) is 2.59. The molecule has 1 aromatic heterocycles. The van der Waals surface area contributed by atoms with Gasteiger partial charge in [-0.25, -0.2) is 4.98 Å². The summed E-state index contributed by atoms with van der Waals surface area (Å²) in [7, 11) is 0. The molecule has 1 fully saturated rings. The van der Waals surface area contributed by atoms with Crippen molar-refractivity contribution in [3.63, 3.8) is 0 Å². The Morgan fingerprint density at radius 2 is 2.28 bits per heavy atom. The highest BCUT2D eigenvalue weighted by Crippen LogP contribution is 2.38. The number of nitrogens with zero attached hydrogens (tertiary/aromatic N) is 2. The molecule has 0 unspecified atom stereocenters. The van der Waals surface area contributed by atoms with E-state index in [0.717, 1.165) is 22.6 Å². The molecule has 1 aliphatic carbocycles. The first kappa shape index (κ1) is 11.0. The third kappa shape index (κ3) is 1.99. The van der Waals surface area contributed by atoms with Gasteiger partial charge in [-0.1, -0.05) is 12.1 Å². The summed E-state index contributed by atoms with van der Waals surface area (Å²) in [5.41, 5.74) is 2.72. The second-order valence-corrected chi connectivity index (χ2v) is 4.61. The van der Waals surface area contributed by atoms with Crippen molar-refractivity contribution in [1.29, 1.82) is 0 Å². The van der Waals surface area contributed by atoms with Crippen molar-refractivity contribution in [2.75, 3.05) is 5.32 Å². The van der Waals surface area contributed by atoms with E-state index in [-0.39, 0.29) is 0 Å². The third-order valence-corrected chi connectivity index (χ3v) is 3.18. The monoisotopic (exact) mass is 242 g/mol. The summed E-state index contributed by atoms with van der Waals surface area (Å²) in [4.78, 5) is 15.0. The molecular weight excluding hydrogens is 228 g/mol. The molecule has 1 aromatic carbocycles. The summed E-state index contributed by atoms with van der Waals surface area (Å²) >= 11 is 0. The van der Waals surface area contributed by atoms with Gasteiger partial charge in [-0.05, 0) is 31.4 Å². The number of benzene rings is 1. The quantitative estimate of drug-likeness (QED) is 0.807. The maximum atomic E-state index is 10.5. The van der Waals surface area contributed by atoms with Crippen molar-refractivity contribution in [2.24, 2.45) is 0 Å². The zero-order valence-corrected chi connectivity index (χ0v) is 10.1. The summed E-state index contributed by atoms with van der Waals surface area (Å²) in [6.07, 6.45) is 3.07. The van der Waals surface area contributed by atoms with Crippen LogP contribution in [0.4, 0.5) is 5.69 Å². The number of nitrogens with one attached hydrogen (secondary N) is 2.